The van der Waals surface area contributed by atoms with Crippen molar-refractivity contribution in [1.82, 2.24) is 25.1 Å². The molecule has 3 aliphatic rings. The van der Waals surface area contributed by atoms with Gasteiger partial charge in [-0.3, -0.25) is 24.4 Å². The molecule has 0 spiro atoms. The predicted octanol–water partition coefficient (Wildman–Crippen LogP) is 4.16. The third-order valence-corrected chi connectivity index (χ3v) is 8.72. The number of hydrogen-bond donors (Lipinski definition) is 3. The van der Waals surface area contributed by atoms with Gasteiger partial charge in [-0.1, -0.05) is 23.7 Å². The van der Waals surface area contributed by atoms with E-state index in [-0.39, 0.29) is 17.7 Å². The second-order valence-corrected chi connectivity index (χ2v) is 11.5. The van der Waals surface area contributed by atoms with Gasteiger partial charge >= 0.3 is 0 Å². The van der Waals surface area contributed by atoms with Gasteiger partial charge in [0.15, 0.2) is 5.82 Å². The van der Waals surface area contributed by atoms with E-state index in [1.165, 1.54) is 5.56 Å². The number of anilines is 4. The van der Waals surface area contributed by atoms with Crippen LogP contribution in [-0.2, 0) is 27.9 Å². The molecule has 0 bridgehead atoms. The smallest absolute Gasteiger partial charge is 0.235 e. The van der Waals surface area contributed by atoms with E-state index in [1.807, 2.05) is 29.9 Å². The number of rotatable bonds is 5. The maximum atomic E-state index is 12.5. The first-order valence-electron chi connectivity index (χ1n) is 14.1. The van der Waals surface area contributed by atoms with Gasteiger partial charge in [0.05, 0.1) is 29.7 Å². The SMILES string of the molecule is Cn1nc(C2CCC(=O)NC2=O)c2ccc(C3CCN(c4ncc(Cl)c(Nc5ccc6c(c5)CC(=O)N6)n4)CC3)cc21. The highest BCUT2D eigenvalue weighted by Crippen LogP contribution is 2.36. The van der Waals surface area contributed by atoms with Crippen LogP contribution in [0.4, 0.5) is 23.1 Å². The van der Waals surface area contributed by atoms with Gasteiger partial charge in [-0.05, 0) is 60.6 Å². The van der Waals surface area contributed by atoms with Crippen molar-refractivity contribution in [2.75, 3.05) is 28.6 Å². The van der Waals surface area contributed by atoms with Crippen LogP contribution in [0, 0.1) is 0 Å². The number of benzene rings is 2. The van der Waals surface area contributed by atoms with Gasteiger partial charge in [0.25, 0.3) is 0 Å². The van der Waals surface area contributed by atoms with E-state index >= 15 is 0 Å². The van der Waals surface area contributed by atoms with Crippen LogP contribution in [0.1, 0.15) is 54.3 Å². The van der Waals surface area contributed by atoms with Gasteiger partial charge in [-0.25, -0.2) is 4.98 Å². The molecule has 1 atom stereocenters. The Morgan fingerprint density at radius 3 is 2.64 bits per heavy atom. The number of fused-ring (bicyclic) bond motifs is 2. The molecule has 2 fully saturated rings. The Morgan fingerprint density at radius 1 is 1.00 bits per heavy atom. The number of carbonyl (C=O) groups excluding carboxylic acids is 3. The largest absolute Gasteiger partial charge is 0.341 e. The molecule has 11 nitrogen and oxygen atoms in total. The number of aromatic nitrogens is 4. The van der Waals surface area contributed by atoms with Gasteiger partial charge in [0.1, 0.15) is 5.02 Å². The highest BCUT2D eigenvalue weighted by molar-refractivity contribution is 6.32. The van der Waals surface area contributed by atoms with E-state index in [1.54, 1.807) is 6.20 Å². The normalized spacial score (nSPS) is 19.1. The third-order valence-electron chi connectivity index (χ3n) is 8.45. The summed E-state index contributed by atoms with van der Waals surface area (Å²) in [6.07, 6.45) is 4.65. The summed E-state index contributed by atoms with van der Waals surface area (Å²) in [5, 5.41) is 14.6. The number of hydrogen-bond acceptors (Lipinski definition) is 8. The van der Waals surface area contributed by atoms with Crippen molar-refractivity contribution in [3.8, 4) is 0 Å². The Kier molecular flexibility index (Phi) is 6.53. The van der Waals surface area contributed by atoms with Gasteiger partial charge < -0.3 is 15.5 Å². The summed E-state index contributed by atoms with van der Waals surface area (Å²) in [4.78, 5) is 47.2. The Bertz CT molecular complexity index is 1760. The maximum absolute atomic E-state index is 12.5. The molecule has 3 amide bonds. The average Bonchev–Trinajstić information content (AvgIpc) is 3.52. The highest BCUT2D eigenvalue weighted by Gasteiger charge is 2.32. The van der Waals surface area contributed by atoms with Crippen LogP contribution in [-0.4, -0.2) is 50.6 Å². The van der Waals surface area contributed by atoms with E-state index in [0.29, 0.717) is 42.0 Å². The van der Waals surface area contributed by atoms with Crippen LogP contribution >= 0.6 is 11.6 Å². The molecule has 7 rings (SSSR count). The van der Waals surface area contributed by atoms with Crippen molar-refractivity contribution in [1.29, 1.82) is 0 Å². The summed E-state index contributed by atoms with van der Waals surface area (Å²) >= 11 is 6.44. The number of nitrogens with one attached hydrogen (secondary N) is 3. The van der Waals surface area contributed by atoms with Crippen LogP contribution in [0.15, 0.2) is 42.6 Å². The van der Waals surface area contributed by atoms with Crippen LogP contribution in [0.5, 0.6) is 0 Å². The van der Waals surface area contributed by atoms with Gasteiger partial charge in [-0.15, -0.1) is 0 Å². The summed E-state index contributed by atoms with van der Waals surface area (Å²) in [5.74, 6) is 0.591. The lowest BCUT2D eigenvalue weighted by Gasteiger charge is -2.32. The van der Waals surface area contributed by atoms with Gasteiger partial charge in [-0.2, -0.15) is 10.1 Å². The second-order valence-electron chi connectivity index (χ2n) is 11.1. The zero-order valence-corrected chi connectivity index (χ0v) is 23.7. The van der Waals surface area contributed by atoms with Crippen molar-refractivity contribution in [3.05, 3.63) is 64.4 Å². The molecule has 2 saturated heterocycles. The van der Waals surface area contributed by atoms with E-state index in [2.05, 4.69) is 49.1 Å². The first-order chi connectivity index (χ1) is 20.3. The van der Waals surface area contributed by atoms with Crippen LogP contribution < -0.4 is 20.9 Å². The molecule has 42 heavy (non-hydrogen) atoms. The van der Waals surface area contributed by atoms with E-state index in [0.717, 1.165) is 59.5 Å². The third kappa shape index (κ3) is 4.83. The first kappa shape index (κ1) is 26.4. The number of amides is 3. The highest BCUT2D eigenvalue weighted by atomic mass is 35.5. The van der Waals surface area contributed by atoms with E-state index in [9.17, 15) is 14.4 Å². The standard InChI is InChI=1S/C30H29ClN8O3/c1-38-24-13-17(2-4-20(24)27(37-38)21-5-7-25(40)35-29(21)42)16-8-10-39(11-9-16)30-32-15-22(31)28(36-30)33-19-3-6-23-18(12-19)14-26(41)34-23/h2-4,6,12-13,15-16,21H,5,7-11,14H2,1H3,(H,34,41)(H,32,33,36)(H,35,40,42). The molecule has 214 valence electrons. The topological polar surface area (TPSA) is 134 Å². The number of nitrogens with zero attached hydrogens (tertiary/aromatic N) is 5. The second kappa shape index (κ2) is 10.4. The molecule has 2 aromatic carbocycles. The number of halogens is 1. The minimum Gasteiger partial charge on any atom is -0.341 e. The Labute approximate surface area is 246 Å². The molecular formula is C30H29ClN8O3. The quantitative estimate of drug-likeness (QED) is 0.298. The zero-order valence-electron chi connectivity index (χ0n) is 23.0. The number of imide groups is 1. The number of carbonyl (C=O) groups is 3. The van der Waals surface area contributed by atoms with Gasteiger partial charge in [0, 0.05) is 43.3 Å². The molecule has 1 unspecified atom stereocenters. The molecule has 4 aromatic rings. The molecule has 0 aliphatic carbocycles. The minimum absolute atomic E-state index is 0.00914. The number of aryl methyl sites for hydroxylation is 1. The van der Waals surface area contributed by atoms with Crippen LogP contribution in [0.25, 0.3) is 10.9 Å². The summed E-state index contributed by atoms with van der Waals surface area (Å²) in [5.41, 5.74) is 5.53. The van der Waals surface area contributed by atoms with Crippen molar-refractivity contribution < 1.29 is 14.4 Å². The molecule has 3 aliphatic heterocycles. The molecule has 0 radical (unpaired) electrons. The fourth-order valence-corrected chi connectivity index (χ4v) is 6.36. The minimum atomic E-state index is -0.414. The monoisotopic (exact) mass is 584 g/mol. The molecule has 5 heterocycles. The lowest BCUT2D eigenvalue weighted by Crippen LogP contribution is -2.39. The molecule has 3 N–H and O–H groups in total. The van der Waals surface area contributed by atoms with Crippen molar-refractivity contribution in [2.24, 2.45) is 7.05 Å². The predicted molar refractivity (Wildman–Crippen MR) is 159 cm³/mol. The molecule has 12 heteroatoms. The van der Waals surface area contributed by atoms with Crippen LogP contribution in [0.3, 0.4) is 0 Å². The summed E-state index contributed by atoms with van der Waals surface area (Å²) in [6.45, 7) is 1.59. The van der Waals surface area contributed by atoms with Crippen molar-refractivity contribution in [2.45, 2.75) is 43.9 Å². The van der Waals surface area contributed by atoms with Crippen molar-refractivity contribution in [3.63, 3.8) is 0 Å². The fourth-order valence-electron chi connectivity index (χ4n) is 6.22. The zero-order chi connectivity index (χ0) is 29.0. The average molecular weight is 585 g/mol. The van der Waals surface area contributed by atoms with Gasteiger partial charge in [0.2, 0.25) is 23.7 Å². The van der Waals surface area contributed by atoms with Crippen molar-refractivity contribution >= 4 is 63.4 Å². The molecule has 0 saturated carbocycles. The van der Waals surface area contributed by atoms with E-state index in [4.69, 9.17) is 16.6 Å². The number of piperidine rings is 2. The summed E-state index contributed by atoms with van der Waals surface area (Å²) in [6, 6.07) is 12.1. The molecular weight excluding hydrogens is 556 g/mol. The summed E-state index contributed by atoms with van der Waals surface area (Å²) in [7, 11) is 1.90. The lowest BCUT2D eigenvalue weighted by molar-refractivity contribution is -0.134. The lowest BCUT2D eigenvalue weighted by atomic mass is 9.88. The summed E-state index contributed by atoms with van der Waals surface area (Å²) < 4.78 is 1.83. The van der Waals surface area contributed by atoms with Crippen LogP contribution in [0.2, 0.25) is 5.02 Å². The Hall–Kier alpha value is -4.51. The molecule has 2 aromatic heterocycles. The Balaban J connectivity index is 1.04. The van der Waals surface area contributed by atoms with E-state index < -0.39 is 5.92 Å². The maximum Gasteiger partial charge on any atom is 0.235 e. The Morgan fingerprint density at radius 2 is 1.83 bits per heavy atom. The first-order valence-corrected chi connectivity index (χ1v) is 14.5. The fraction of sp³-hybridized carbons (Fsp3) is 0.333.